The monoisotopic (exact) mass is 433 g/mol. The number of hydrogen-bond acceptors (Lipinski definition) is 6. The summed E-state index contributed by atoms with van der Waals surface area (Å²) in [6.45, 7) is 8.24. The third-order valence-corrected chi connectivity index (χ3v) is 6.65. The minimum atomic E-state index is -0.730. The molecule has 0 aliphatic heterocycles. The number of rotatable bonds is 7. The number of thioether (sulfide) groups is 1. The number of H-pyrrole nitrogens is 1. The lowest BCUT2D eigenvalue weighted by molar-refractivity contribution is 0.102. The maximum atomic E-state index is 12.9. The number of aromatic amines is 1. The molecule has 0 aromatic carbocycles. The third kappa shape index (κ3) is 4.55. The number of nitrogens with one attached hydrogen (secondary N) is 1. The van der Waals surface area contributed by atoms with Crippen LogP contribution >= 0.6 is 11.8 Å². The third-order valence-electron chi connectivity index (χ3n) is 5.69. The van der Waals surface area contributed by atoms with Crippen molar-refractivity contribution in [2.45, 2.75) is 77.5 Å². The Hall–Kier alpha value is -2.29. The molecule has 3 N–H and O–H groups in total. The summed E-state index contributed by atoms with van der Waals surface area (Å²) in [7, 11) is 0. The van der Waals surface area contributed by atoms with Crippen LogP contribution in [0.2, 0.25) is 0 Å². The Kier molecular flexibility index (Phi) is 6.90. The molecule has 1 saturated carbocycles. The molecule has 3 rings (SSSR count). The number of carbonyl (C=O) groups excluding carboxylic acids is 1. The van der Waals surface area contributed by atoms with Gasteiger partial charge in [-0.2, -0.15) is 0 Å². The van der Waals surface area contributed by atoms with Gasteiger partial charge in [-0.1, -0.05) is 44.9 Å². The quantitative estimate of drug-likeness (QED) is 0.512. The largest absolute Gasteiger partial charge is 0.384 e. The highest BCUT2D eigenvalue weighted by Gasteiger charge is 2.24. The Labute approximate surface area is 180 Å². The Morgan fingerprint density at radius 2 is 1.90 bits per heavy atom. The van der Waals surface area contributed by atoms with E-state index in [1.54, 1.807) is 0 Å². The first-order valence-electron chi connectivity index (χ1n) is 10.5. The van der Waals surface area contributed by atoms with Crippen LogP contribution in [0.1, 0.15) is 73.7 Å². The molecular formula is C21H31N5O3S. The fraction of sp³-hybridized carbons (Fsp3) is 0.619. The molecule has 0 amide bonds. The summed E-state index contributed by atoms with van der Waals surface area (Å²) in [6, 6.07) is 0.402. The predicted molar refractivity (Wildman–Crippen MR) is 119 cm³/mol. The van der Waals surface area contributed by atoms with Gasteiger partial charge in [0.1, 0.15) is 11.4 Å². The zero-order valence-electron chi connectivity index (χ0n) is 18.2. The van der Waals surface area contributed by atoms with Crippen LogP contribution in [0.4, 0.5) is 5.82 Å². The van der Waals surface area contributed by atoms with E-state index >= 15 is 0 Å². The summed E-state index contributed by atoms with van der Waals surface area (Å²) in [4.78, 5) is 44.2. The zero-order chi connectivity index (χ0) is 22.0. The molecule has 0 atom stereocenters. The van der Waals surface area contributed by atoms with Crippen LogP contribution in [0, 0.1) is 19.8 Å². The lowest BCUT2D eigenvalue weighted by Gasteiger charge is -2.26. The second kappa shape index (κ2) is 9.24. The van der Waals surface area contributed by atoms with E-state index in [1.807, 2.05) is 20.8 Å². The predicted octanol–water partition coefficient (Wildman–Crippen LogP) is 3.07. The van der Waals surface area contributed by atoms with E-state index in [1.165, 1.54) is 35.6 Å². The number of imidazole rings is 1. The van der Waals surface area contributed by atoms with E-state index in [-0.39, 0.29) is 23.1 Å². The van der Waals surface area contributed by atoms with Gasteiger partial charge in [0.15, 0.2) is 10.9 Å². The van der Waals surface area contributed by atoms with Gasteiger partial charge in [-0.25, -0.2) is 9.78 Å². The summed E-state index contributed by atoms with van der Waals surface area (Å²) in [6.07, 6.45) is 5.90. The molecule has 8 nitrogen and oxygen atoms in total. The number of nitrogens with two attached hydrogens (primary N) is 1. The first-order chi connectivity index (χ1) is 14.2. The number of anilines is 1. The van der Waals surface area contributed by atoms with Crippen molar-refractivity contribution < 1.29 is 4.79 Å². The fourth-order valence-electron chi connectivity index (χ4n) is 4.07. The van der Waals surface area contributed by atoms with Crippen molar-refractivity contribution in [2.75, 3.05) is 11.5 Å². The topological polar surface area (TPSA) is 116 Å². The first-order valence-corrected chi connectivity index (χ1v) is 11.5. The van der Waals surface area contributed by atoms with Crippen molar-refractivity contribution in [3.05, 3.63) is 37.8 Å². The van der Waals surface area contributed by atoms with Crippen LogP contribution in [0.3, 0.4) is 0 Å². The smallest absolute Gasteiger partial charge is 0.329 e. The number of hydrogen-bond donors (Lipinski definition) is 2. The highest BCUT2D eigenvalue weighted by molar-refractivity contribution is 7.99. The van der Waals surface area contributed by atoms with E-state index in [2.05, 4.69) is 21.5 Å². The van der Waals surface area contributed by atoms with Gasteiger partial charge in [-0.15, -0.1) is 0 Å². The van der Waals surface area contributed by atoms with Crippen LogP contribution in [0.15, 0.2) is 14.7 Å². The number of Topliss-reactive ketones (excluding diaryl/α,β-unsaturated/α-hetero) is 1. The molecule has 0 radical (unpaired) electrons. The first kappa shape index (κ1) is 22.4. The molecule has 164 valence electrons. The summed E-state index contributed by atoms with van der Waals surface area (Å²) in [5.41, 5.74) is 6.69. The normalized spacial score (nSPS) is 15.1. The number of aryl methyl sites for hydroxylation is 1. The standard InChI is InChI=1S/C21H31N5O3S/c1-12(2)10-25-18(22)17(19(28)24-20(25)29)16(27)11-30-21-23-13(3)14(4)26(21)15-8-6-5-7-9-15/h12,15H,5-11,22H2,1-4H3,(H,24,28,29). The summed E-state index contributed by atoms with van der Waals surface area (Å²) in [5, 5.41) is 0.802. The number of nitrogens with zero attached hydrogens (tertiary/aromatic N) is 3. The van der Waals surface area contributed by atoms with E-state index in [0.29, 0.717) is 12.6 Å². The zero-order valence-corrected chi connectivity index (χ0v) is 19.0. The number of ketones is 1. The summed E-state index contributed by atoms with van der Waals surface area (Å²) >= 11 is 1.33. The van der Waals surface area contributed by atoms with Gasteiger partial charge < -0.3 is 10.3 Å². The molecule has 0 saturated heterocycles. The maximum Gasteiger partial charge on any atom is 0.329 e. The molecule has 30 heavy (non-hydrogen) atoms. The average molecular weight is 434 g/mol. The van der Waals surface area contributed by atoms with E-state index in [4.69, 9.17) is 5.73 Å². The minimum absolute atomic E-state index is 0.0375. The van der Waals surface area contributed by atoms with Gasteiger partial charge in [0.25, 0.3) is 5.56 Å². The number of nitrogen functional groups attached to an aromatic ring is 1. The van der Waals surface area contributed by atoms with Gasteiger partial charge in [-0.05, 0) is 32.6 Å². The molecule has 0 unspecified atom stereocenters. The molecular weight excluding hydrogens is 402 g/mol. The summed E-state index contributed by atoms with van der Waals surface area (Å²) in [5.74, 6) is -0.284. The average Bonchev–Trinajstić information content (AvgIpc) is 2.97. The van der Waals surface area contributed by atoms with Crippen LogP contribution in [-0.2, 0) is 6.54 Å². The van der Waals surface area contributed by atoms with Crippen LogP contribution in [0.25, 0.3) is 0 Å². The molecule has 0 bridgehead atoms. The Morgan fingerprint density at radius 1 is 1.23 bits per heavy atom. The van der Waals surface area contributed by atoms with E-state index in [9.17, 15) is 14.4 Å². The molecule has 0 spiro atoms. The van der Waals surface area contributed by atoms with Crippen LogP contribution in [0.5, 0.6) is 0 Å². The SMILES string of the molecule is Cc1nc(SCC(=O)c2c(N)n(CC(C)C)c(=O)[nH]c2=O)n(C2CCCCC2)c1C. The molecule has 1 aliphatic carbocycles. The van der Waals surface area contributed by atoms with Gasteiger partial charge in [0, 0.05) is 18.3 Å². The van der Waals surface area contributed by atoms with Gasteiger partial charge in [0.05, 0.1) is 11.4 Å². The lowest BCUT2D eigenvalue weighted by atomic mass is 9.95. The van der Waals surface area contributed by atoms with Gasteiger partial charge in [0.2, 0.25) is 0 Å². The number of carbonyl (C=O) groups is 1. The van der Waals surface area contributed by atoms with Crippen molar-refractivity contribution >= 4 is 23.4 Å². The molecule has 2 aromatic heterocycles. The summed E-state index contributed by atoms with van der Waals surface area (Å²) < 4.78 is 3.51. The second-order valence-corrected chi connectivity index (χ2v) is 9.41. The Balaban J connectivity index is 1.86. The maximum absolute atomic E-state index is 12.9. The fourth-order valence-corrected chi connectivity index (χ4v) is 5.10. The molecule has 1 aliphatic rings. The highest BCUT2D eigenvalue weighted by Crippen LogP contribution is 2.34. The lowest BCUT2D eigenvalue weighted by Crippen LogP contribution is -2.37. The van der Waals surface area contributed by atoms with E-state index < -0.39 is 17.0 Å². The Bertz CT molecular complexity index is 1040. The highest BCUT2D eigenvalue weighted by atomic mass is 32.2. The van der Waals surface area contributed by atoms with Crippen LogP contribution < -0.4 is 17.0 Å². The van der Waals surface area contributed by atoms with Crippen molar-refractivity contribution in [1.82, 2.24) is 19.1 Å². The number of aromatic nitrogens is 4. The minimum Gasteiger partial charge on any atom is -0.384 e. The van der Waals surface area contributed by atoms with Gasteiger partial charge in [-0.3, -0.25) is 19.1 Å². The van der Waals surface area contributed by atoms with Crippen molar-refractivity contribution in [1.29, 1.82) is 0 Å². The van der Waals surface area contributed by atoms with Crippen molar-refractivity contribution in [3.8, 4) is 0 Å². The second-order valence-electron chi connectivity index (χ2n) is 8.46. The molecule has 1 fully saturated rings. The Morgan fingerprint density at radius 3 is 2.53 bits per heavy atom. The van der Waals surface area contributed by atoms with E-state index in [0.717, 1.165) is 29.4 Å². The van der Waals surface area contributed by atoms with Crippen molar-refractivity contribution in [3.63, 3.8) is 0 Å². The molecule has 9 heteroatoms. The molecule has 2 heterocycles. The van der Waals surface area contributed by atoms with Crippen molar-refractivity contribution in [2.24, 2.45) is 5.92 Å². The van der Waals surface area contributed by atoms with Gasteiger partial charge >= 0.3 is 5.69 Å². The molecule has 2 aromatic rings. The van der Waals surface area contributed by atoms with Crippen LogP contribution in [-0.4, -0.2) is 30.6 Å².